The van der Waals surface area contributed by atoms with Crippen molar-refractivity contribution in [2.45, 2.75) is 26.6 Å². The minimum atomic E-state index is -1.22. The molecular weight excluding hydrogens is 494 g/mol. The van der Waals surface area contributed by atoms with Gasteiger partial charge in [-0.25, -0.2) is 4.79 Å². The summed E-state index contributed by atoms with van der Waals surface area (Å²) in [5.74, 6) is 0.695. The van der Waals surface area contributed by atoms with Gasteiger partial charge in [-0.2, -0.15) is 0 Å². The molecule has 0 saturated heterocycles. The molecule has 0 aliphatic carbocycles. The van der Waals surface area contributed by atoms with Gasteiger partial charge in [0, 0.05) is 22.2 Å². The maximum absolute atomic E-state index is 11.9. The lowest BCUT2D eigenvalue weighted by Gasteiger charge is -2.18. The van der Waals surface area contributed by atoms with Crippen LogP contribution in [-0.2, 0) is 11.4 Å². The standard InChI is InChI=1S/C29H26ClNO6/c1-18(2)36-28-20(16-31-25-13-12-23(34-3)15-24(25)28)17-35-26-7-5-4-6-19(26)14-27(29(32)33)37-22-10-8-21(30)9-11-22/h4-16,18H,17H2,1-3H3,(H,32,33). The zero-order valence-corrected chi connectivity index (χ0v) is 21.4. The summed E-state index contributed by atoms with van der Waals surface area (Å²) in [6.45, 7) is 4.05. The van der Waals surface area contributed by atoms with Gasteiger partial charge in [0.1, 0.15) is 29.6 Å². The largest absolute Gasteiger partial charge is 0.497 e. The van der Waals surface area contributed by atoms with Crippen molar-refractivity contribution in [1.82, 2.24) is 4.98 Å². The SMILES string of the molecule is COc1ccc2ncc(COc3ccccc3C=C(Oc3ccc(Cl)cc3)C(=O)O)c(OC(C)C)c2c1. The van der Waals surface area contributed by atoms with E-state index in [0.717, 1.165) is 16.5 Å². The first-order valence-electron chi connectivity index (χ1n) is 11.6. The van der Waals surface area contributed by atoms with E-state index in [-0.39, 0.29) is 18.5 Å². The molecule has 0 unspecified atom stereocenters. The number of aromatic nitrogens is 1. The van der Waals surface area contributed by atoms with Crippen molar-refractivity contribution in [3.05, 3.63) is 94.8 Å². The molecule has 190 valence electrons. The van der Waals surface area contributed by atoms with E-state index in [1.54, 1.807) is 55.8 Å². The van der Waals surface area contributed by atoms with Crippen LogP contribution in [0.15, 0.2) is 78.7 Å². The number of benzene rings is 3. The smallest absolute Gasteiger partial charge is 0.371 e. The number of fused-ring (bicyclic) bond motifs is 1. The van der Waals surface area contributed by atoms with Crippen LogP contribution in [0.25, 0.3) is 17.0 Å². The van der Waals surface area contributed by atoms with Crippen molar-refractivity contribution in [3.8, 4) is 23.0 Å². The Morgan fingerprint density at radius 3 is 2.49 bits per heavy atom. The number of hydrogen-bond donors (Lipinski definition) is 1. The van der Waals surface area contributed by atoms with Gasteiger partial charge >= 0.3 is 5.97 Å². The normalized spacial score (nSPS) is 11.4. The van der Waals surface area contributed by atoms with Crippen molar-refractivity contribution >= 4 is 34.5 Å². The zero-order chi connectivity index (χ0) is 26.4. The van der Waals surface area contributed by atoms with E-state index in [1.165, 1.54) is 6.08 Å². The average Bonchev–Trinajstić information content (AvgIpc) is 2.89. The van der Waals surface area contributed by atoms with Crippen LogP contribution >= 0.6 is 11.6 Å². The highest BCUT2D eigenvalue weighted by Crippen LogP contribution is 2.33. The Morgan fingerprint density at radius 2 is 1.78 bits per heavy atom. The Balaban J connectivity index is 1.64. The van der Waals surface area contributed by atoms with Gasteiger partial charge in [-0.1, -0.05) is 29.8 Å². The summed E-state index contributed by atoms with van der Waals surface area (Å²) in [4.78, 5) is 16.4. The monoisotopic (exact) mass is 519 g/mol. The molecule has 3 aromatic carbocycles. The quantitative estimate of drug-likeness (QED) is 0.183. The fourth-order valence-corrected chi connectivity index (χ4v) is 3.71. The first-order chi connectivity index (χ1) is 17.8. The molecule has 0 fully saturated rings. The summed E-state index contributed by atoms with van der Waals surface area (Å²) < 4.78 is 23.3. The third-order valence-corrected chi connectivity index (χ3v) is 5.55. The van der Waals surface area contributed by atoms with Gasteiger partial charge in [0.05, 0.1) is 24.3 Å². The third-order valence-electron chi connectivity index (χ3n) is 5.29. The number of carbonyl (C=O) groups is 1. The van der Waals surface area contributed by atoms with Gasteiger partial charge in [0.2, 0.25) is 5.76 Å². The van der Waals surface area contributed by atoms with E-state index in [9.17, 15) is 9.90 Å². The number of rotatable bonds is 10. The number of carboxylic acid groups (broad SMARTS) is 1. The first-order valence-corrected chi connectivity index (χ1v) is 11.9. The lowest BCUT2D eigenvalue weighted by molar-refractivity contribution is -0.134. The van der Waals surface area contributed by atoms with Crippen LogP contribution in [0.1, 0.15) is 25.0 Å². The summed E-state index contributed by atoms with van der Waals surface area (Å²) in [5.41, 5.74) is 2.05. The van der Waals surface area contributed by atoms with E-state index >= 15 is 0 Å². The number of halogens is 1. The van der Waals surface area contributed by atoms with Crippen molar-refractivity contribution < 1.29 is 28.8 Å². The van der Waals surface area contributed by atoms with Gasteiger partial charge in [-0.15, -0.1) is 0 Å². The van der Waals surface area contributed by atoms with Gasteiger partial charge in [-0.3, -0.25) is 4.98 Å². The summed E-state index contributed by atoms with van der Waals surface area (Å²) in [5, 5.41) is 11.1. The van der Waals surface area contributed by atoms with Gasteiger partial charge in [-0.05, 0) is 68.5 Å². The fourth-order valence-electron chi connectivity index (χ4n) is 3.59. The molecule has 8 heteroatoms. The van der Waals surface area contributed by atoms with Crippen LogP contribution in [0.3, 0.4) is 0 Å². The number of aliphatic carboxylic acids is 1. The molecule has 0 spiro atoms. The molecular formula is C29H26ClNO6. The van der Waals surface area contributed by atoms with E-state index in [1.807, 2.05) is 38.1 Å². The van der Waals surface area contributed by atoms with Crippen LogP contribution in [-0.4, -0.2) is 29.3 Å². The molecule has 4 aromatic rings. The molecule has 4 rings (SSSR count). The number of methoxy groups -OCH3 is 1. The summed E-state index contributed by atoms with van der Waals surface area (Å²) in [7, 11) is 1.61. The van der Waals surface area contributed by atoms with Crippen molar-refractivity contribution in [3.63, 3.8) is 0 Å². The highest BCUT2D eigenvalue weighted by Gasteiger charge is 2.16. The van der Waals surface area contributed by atoms with Gasteiger partial charge in [0.15, 0.2) is 0 Å². The van der Waals surface area contributed by atoms with Gasteiger partial charge in [0.25, 0.3) is 0 Å². The lowest BCUT2D eigenvalue weighted by Crippen LogP contribution is -2.10. The van der Waals surface area contributed by atoms with Crippen LogP contribution in [0, 0.1) is 0 Å². The van der Waals surface area contributed by atoms with Crippen molar-refractivity contribution in [2.75, 3.05) is 7.11 Å². The molecule has 1 heterocycles. The number of ether oxygens (including phenoxy) is 4. The summed E-state index contributed by atoms with van der Waals surface area (Å²) in [6, 6.07) is 19.1. The van der Waals surface area contributed by atoms with Crippen LogP contribution < -0.4 is 18.9 Å². The van der Waals surface area contributed by atoms with Gasteiger partial charge < -0.3 is 24.1 Å². The molecule has 1 N–H and O–H groups in total. The maximum Gasteiger partial charge on any atom is 0.371 e. The van der Waals surface area contributed by atoms with Crippen LogP contribution in [0.5, 0.6) is 23.0 Å². The number of pyridine rings is 1. The molecule has 37 heavy (non-hydrogen) atoms. The Morgan fingerprint density at radius 1 is 1.05 bits per heavy atom. The topological polar surface area (TPSA) is 87.1 Å². The minimum Gasteiger partial charge on any atom is -0.497 e. The molecule has 0 bridgehead atoms. The van der Waals surface area contributed by atoms with E-state index in [2.05, 4.69) is 4.98 Å². The average molecular weight is 520 g/mol. The molecule has 0 saturated carbocycles. The Bertz CT molecular complexity index is 1430. The molecule has 0 aliphatic heterocycles. The predicted octanol–water partition coefficient (Wildman–Crippen LogP) is 6.77. The second-order valence-corrected chi connectivity index (χ2v) is 8.79. The molecule has 0 amide bonds. The Hall–Kier alpha value is -4.23. The van der Waals surface area contributed by atoms with Crippen LogP contribution in [0.2, 0.25) is 5.02 Å². The number of para-hydroxylation sites is 1. The molecule has 0 atom stereocenters. The second-order valence-electron chi connectivity index (χ2n) is 8.36. The Kier molecular flexibility index (Phi) is 8.15. The molecule has 1 aromatic heterocycles. The Labute approximate surface area is 219 Å². The highest BCUT2D eigenvalue weighted by molar-refractivity contribution is 6.30. The molecule has 0 aliphatic rings. The number of nitrogens with zero attached hydrogens (tertiary/aromatic N) is 1. The maximum atomic E-state index is 11.9. The molecule has 7 nitrogen and oxygen atoms in total. The van der Waals surface area contributed by atoms with Crippen LogP contribution in [0.4, 0.5) is 0 Å². The van der Waals surface area contributed by atoms with E-state index < -0.39 is 5.97 Å². The van der Waals surface area contributed by atoms with E-state index in [4.69, 9.17) is 30.5 Å². The zero-order valence-electron chi connectivity index (χ0n) is 20.6. The third kappa shape index (κ3) is 6.51. The lowest BCUT2D eigenvalue weighted by atomic mass is 10.1. The summed E-state index contributed by atoms with van der Waals surface area (Å²) >= 11 is 5.91. The van der Waals surface area contributed by atoms with E-state index in [0.29, 0.717) is 33.6 Å². The minimum absolute atomic E-state index is 0.0751. The number of carboxylic acids is 1. The summed E-state index contributed by atoms with van der Waals surface area (Å²) in [6.07, 6.45) is 3.06. The number of hydrogen-bond acceptors (Lipinski definition) is 6. The first kappa shape index (κ1) is 25.9. The molecule has 0 radical (unpaired) electrons. The highest BCUT2D eigenvalue weighted by atomic mass is 35.5. The second kappa shape index (κ2) is 11.7. The fraction of sp³-hybridized carbons (Fsp3) is 0.172. The van der Waals surface area contributed by atoms with Crippen molar-refractivity contribution in [2.24, 2.45) is 0 Å². The van der Waals surface area contributed by atoms with Crippen molar-refractivity contribution in [1.29, 1.82) is 0 Å². The predicted molar refractivity (Wildman–Crippen MR) is 143 cm³/mol.